The van der Waals surface area contributed by atoms with Gasteiger partial charge in [0.25, 0.3) is 0 Å². The van der Waals surface area contributed by atoms with Crippen molar-refractivity contribution < 1.29 is 19.1 Å². The van der Waals surface area contributed by atoms with Crippen LogP contribution >= 0.6 is 23.2 Å². The zero-order valence-electron chi connectivity index (χ0n) is 29.3. The van der Waals surface area contributed by atoms with Crippen LogP contribution in [0.15, 0.2) is 54.7 Å². The molecule has 2 saturated heterocycles. The topological polar surface area (TPSA) is 118 Å². The highest BCUT2D eigenvalue weighted by molar-refractivity contribution is 6.39. The normalized spacial score (nSPS) is 22.6. The Hall–Kier alpha value is -4.06. The Bertz CT molecular complexity index is 2040. The summed E-state index contributed by atoms with van der Waals surface area (Å²) in [5, 5.41) is 10.9. The van der Waals surface area contributed by atoms with E-state index in [-0.39, 0.29) is 36.0 Å². The van der Waals surface area contributed by atoms with Gasteiger partial charge in [0.1, 0.15) is 0 Å². The lowest BCUT2D eigenvalue weighted by molar-refractivity contribution is -0.120. The standard InChI is InChI=1S/C40H42Cl2N6O4/c1-51-34-21-48(20-25-11-14-36(50)46-25)19-23-16-32(44-18-30(23)34)28-7-3-5-26(38(28)41)27-6-4-8-29(39(27)42)33-15-22-9-12-31(37(22)40(47-33)52-2)43-17-24-10-13-35(49)45-24/h3-8,15-16,18,24-25,31,34,43H,9-14,17,19-21H2,1-2H3,(H,45,49)(H,46,50). The zero-order chi connectivity index (χ0) is 35.9. The molecule has 2 amide bonds. The first-order valence-electron chi connectivity index (χ1n) is 18.0. The number of hydrogen-bond donors (Lipinski definition) is 3. The van der Waals surface area contributed by atoms with Crippen LogP contribution < -0.4 is 20.7 Å². The predicted molar refractivity (Wildman–Crippen MR) is 201 cm³/mol. The number of rotatable bonds is 10. The van der Waals surface area contributed by atoms with Gasteiger partial charge in [-0.15, -0.1) is 0 Å². The number of aromatic nitrogens is 2. The minimum absolute atomic E-state index is 0.1000. The maximum absolute atomic E-state index is 11.8. The molecule has 4 aromatic rings. The molecule has 3 aliphatic heterocycles. The van der Waals surface area contributed by atoms with Crippen molar-refractivity contribution in [2.24, 2.45) is 0 Å². The number of carbonyl (C=O) groups excluding carboxylic acids is 2. The van der Waals surface area contributed by atoms with E-state index in [2.05, 4.69) is 33.0 Å². The maximum atomic E-state index is 11.8. The van der Waals surface area contributed by atoms with Crippen LogP contribution in [-0.2, 0) is 27.3 Å². The minimum Gasteiger partial charge on any atom is -0.481 e. The molecule has 2 aromatic carbocycles. The third-order valence-corrected chi connectivity index (χ3v) is 11.7. The van der Waals surface area contributed by atoms with Gasteiger partial charge in [0, 0.05) is 104 Å². The second-order valence-electron chi connectivity index (χ2n) is 14.2. The molecule has 8 rings (SSSR count). The molecule has 0 saturated carbocycles. The summed E-state index contributed by atoms with van der Waals surface area (Å²) in [5.41, 5.74) is 9.17. The molecule has 0 spiro atoms. The molecule has 0 radical (unpaired) electrons. The number of pyridine rings is 2. The number of nitrogens with zero attached hydrogens (tertiary/aromatic N) is 3. The quantitative estimate of drug-likeness (QED) is 0.170. The van der Waals surface area contributed by atoms with Gasteiger partial charge in [-0.1, -0.05) is 59.6 Å². The van der Waals surface area contributed by atoms with Crippen LogP contribution in [0, 0.1) is 0 Å². The van der Waals surface area contributed by atoms with Crippen molar-refractivity contribution in [1.82, 2.24) is 30.8 Å². The van der Waals surface area contributed by atoms with Crippen molar-refractivity contribution >= 4 is 35.0 Å². The summed E-state index contributed by atoms with van der Waals surface area (Å²) in [6.07, 6.45) is 6.47. The number of benzene rings is 2. The maximum Gasteiger partial charge on any atom is 0.220 e. The van der Waals surface area contributed by atoms with Crippen LogP contribution in [0.25, 0.3) is 33.6 Å². The Kier molecular flexibility index (Phi) is 9.93. The van der Waals surface area contributed by atoms with Crippen LogP contribution in [0.4, 0.5) is 0 Å². The van der Waals surface area contributed by atoms with Crippen molar-refractivity contribution in [3.05, 3.63) is 87.0 Å². The van der Waals surface area contributed by atoms with Gasteiger partial charge < -0.3 is 25.4 Å². The van der Waals surface area contributed by atoms with Gasteiger partial charge in [0.05, 0.1) is 34.6 Å². The van der Waals surface area contributed by atoms with E-state index in [1.807, 2.05) is 42.6 Å². The van der Waals surface area contributed by atoms with Gasteiger partial charge in [0.2, 0.25) is 17.7 Å². The van der Waals surface area contributed by atoms with Crippen molar-refractivity contribution in [2.45, 2.75) is 69.3 Å². The summed E-state index contributed by atoms with van der Waals surface area (Å²) < 4.78 is 11.7. The molecule has 270 valence electrons. The van der Waals surface area contributed by atoms with E-state index in [0.717, 1.165) is 95.6 Å². The zero-order valence-corrected chi connectivity index (χ0v) is 30.8. The second kappa shape index (κ2) is 14.8. The lowest BCUT2D eigenvalue weighted by Gasteiger charge is -2.35. The summed E-state index contributed by atoms with van der Waals surface area (Å²) in [6.45, 7) is 2.96. The van der Waals surface area contributed by atoms with Gasteiger partial charge >= 0.3 is 0 Å². The summed E-state index contributed by atoms with van der Waals surface area (Å²) in [7, 11) is 3.38. The van der Waals surface area contributed by atoms with Gasteiger partial charge in [-0.05, 0) is 48.9 Å². The molecular weight excluding hydrogens is 699 g/mol. The monoisotopic (exact) mass is 740 g/mol. The molecule has 4 atom stereocenters. The van der Waals surface area contributed by atoms with E-state index < -0.39 is 0 Å². The lowest BCUT2D eigenvalue weighted by atomic mass is 9.95. The molecule has 2 aromatic heterocycles. The number of carbonyl (C=O) groups is 2. The second-order valence-corrected chi connectivity index (χ2v) is 15.0. The van der Waals surface area contributed by atoms with E-state index in [4.69, 9.17) is 42.6 Å². The molecule has 3 N–H and O–H groups in total. The number of aryl methyl sites for hydroxylation is 1. The van der Waals surface area contributed by atoms with E-state index >= 15 is 0 Å². The summed E-state index contributed by atoms with van der Waals surface area (Å²) in [6, 6.07) is 16.5. The molecule has 1 aliphatic carbocycles. The number of fused-ring (bicyclic) bond motifs is 2. The van der Waals surface area contributed by atoms with Crippen molar-refractivity contribution in [2.75, 3.05) is 33.9 Å². The van der Waals surface area contributed by atoms with Crippen LogP contribution in [-0.4, -0.2) is 72.6 Å². The summed E-state index contributed by atoms with van der Waals surface area (Å²) >= 11 is 14.5. The Morgan fingerprint density at radius 2 is 1.50 bits per heavy atom. The Balaban J connectivity index is 1.07. The Morgan fingerprint density at radius 3 is 2.15 bits per heavy atom. The molecule has 0 bridgehead atoms. The van der Waals surface area contributed by atoms with Gasteiger partial charge in [0.15, 0.2) is 0 Å². The highest BCUT2D eigenvalue weighted by Gasteiger charge is 2.32. The minimum atomic E-state index is -0.111. The number of amides is 2. The molecule has 5 heterocycles. The van der Waals surface area contributed by atoms with Crippen molar-refractivity contribution in [1.29, 1.82) is 0 Å². The molecular formula is C40H42Cl2N6O4. The third-order valence-electron chi connectivity index (χ3n) is 10.9. The number of methoxy groups -OCH3 is 2. The van der Waals surface area contributed by atoms with E-state index in [0.29, 0.717) is 35.3 Å². The largest absolute Gasteiger partial charge is 0.481 e. The smallest absolute Gasteiger partial charge is 0.220 e. The molecule has 4 unspecified atom stereocenters. The fourth-order valence-electron chi connectivity index (χ4n) is 8.28. The van der Waals surface area contributed by atoms with Crippen molar-refractivity contribution in [3.8, 4) is 39.5 Å². The van der Waals surface area contributed by atoms with Crippen LogP contribution in [0.3, 0.4) is 0 Å². The summed E-state index contributed by atoms with van der Waals surface area (Å²) in [5.74, 6) is 0.821. The first-order valence-corrected chi connectivity index (χ1v) is 18.8. The SMILES string of the molecule is COc1nc(-c2cccc(-c3cccc(-c4cc5c(cn4)C(OC)CN(CC4CCC(=O)N4)C5)c3Cl)c2Cl)cc2c1C(NCC1CCC(=O)N1)CC2. The van der Waals surface area contributed by atoms with Gasteiger partial charge in [-0.3, -0.25) is 19.5 Å². The summed E-state index contributed by atoms with van der Waals surface area (Å²) in [4.78, 5) is 35.7. The average Bonchev–Trinajstić information content (AvgIpc) is 3.89. The highest BCUT2D eigenvalue weighted by Crippen LogP contribution is 2.45. The van der Waals surface area contributed by atoms with Crippen LogP contribution in [0.1, 0.15) is 66.5 Å². The fraction of sp³-hybridized carbons (Fsp3) is 0.400. The Labute approximate surface area is 313 Å². The van der Waals surface area contributed by atoms with Gasteiger partial charge in [-0.25, -0.2) is 4.98 Å². The van der Waals surface area contributed by atoms with E-state index in [9.17, 15) is 9.59 Å². The van der Waals surface area contributed by atoms with Gasteiger partial charge in [-0.2, -0.15) is 0 Å². The average molecular weight is 742 g/mol. The lowest BCUT2D eigenvalue weighted by Crippen LogP contribution is -2.42. The number of halogens is 2. The number of nitrogens with one attached hydrogen (secondary N) is 3. The predicted octanol–water partition coefficient (Wildman–Crippen LogP) is 6.43. The fourth-order valence-corrected chi connectivity index (χ4v) is 8.93. The Morgan fingerprint density at radius 1 is 0.846 bits per heavy atom. The highest BCUT2D eigenvalue weighted by atomic mass is 35.5. The van der Waals surface area contributed by atoms with Crippen LogP contribution in [0.2, 0.25) is 10.0 Å². The molecule has 2 fully saturated rings. The van der Waals surface area contributed by atoms with Crippen molar-refractivity contribution in [3.63, 3.8) is 0 Å². The molecule has 10 nitrogen and oxygen atoms in total. The van der Waals surface area contributed by atoms with Crippen LogP contribution in [0.5, 0.6) is 5.88 Å². The molecule has 52 heavy (non-hydrogen) atoms. The third kappa shape index (κ3) is 6.78. The molecule has 12 heteroatoms. The molecule has 4 aliphatic rings. The first-order chi connectivity index (χ1) is 25.3. The van der Waals surface area contributed by atoms with E-state index in [1.54, 1.807) is 14.2 Å². The first kappa shape index (κ1) is 35.0. The number of hydrogen-bond acceptors (Lipinski definition) is 8. The number of ether oxygens (including phenoxy) is 2. The van der Waals surface area contributed by atoms with E-state index in [1.165, 1.54) is 5.56 Å².